The monoisotopic (exact) mass is 431 g/mol. The van der Waals surface area contributed by atoms with Gasteiger partial charge in [0.1, 0.15) is 5.75 Å². The molecule has 0 heterocycles. The molecule has 0 fully saturated rings. The summed E-state index contributed by atoms with van der Waals surface area (Å²) in [4.78, 5) is 23.9. The van der Waals surface area contributed by atoms with E-state index in [-0.39, 0.29) is 11.9 Å². The van der Waals surface area contributed by atoms with E-state index in [1.165, 1.54) is 6.08 Å². The van der Waals surface area contributed by atoms with Crippen LogP contribution in [-0.4, -0.2) is 25.1 Å². The lowest BCUT2D eigenvalue weighted by Crippen LogP contribution is -2.09. The van der Waals surface area contributed by atoms with E-state index in [4.69, 9.17) is 9.47 Å². The molecule has 2 aromatic rings. The first kappa shape index (κ1) is 20.7. The van der Waals surface area contributed by atoms with E-state index in [0.29, 0.717) is 30.2 Å². The van der Waals surface area contributed by atoms with E-state index in [1.807, 2.05) is 32.0 Å². The molecule has 0 spiro atoms. The number of hydrogen-bond acceptors (Lipinski definition) is 4. The first-order valence-corrected chi connectivity index (χ1v) is 9.51. The van der Waals surface area contributed by atoms with Gasteiger partial charge in [-0.05, 0) is 61.9 Å². The third-order valence-corrected chi connectivity index (χ3v) is 4.00. The summed E-state index contributed by atoms with van der Waals surface area (Å²) in [5.41, 5.74) is 1.85. The van der Waals surface area contributed by atoms with Crippen molar-refractivity contribution < 1.29 is 19.1 Å². The zero-order valence-electron chi connectivity index (χ0n) is 15.3. The van der Waals surface area contributed by atoms with Gasteiger partial charge in [0.05, 0.1) is 18.8 Å². The third-order valence-electron chi connectivity index (χ3n) is 3.51. The van der Waals surface area contributed by atoms with Crippen LogP contribution in [0.25, 0.3) is 6.08 Å². The molecule has 1 amide bonds. The highest BCUT2D eigenvalue weighted by atomic mass is 79.9. The first-order valence-electron chi connectivity index (χ1n) is 8.72. The zero-order valence-corrected chi connectivity index (χ0v) is 16.9. The number of nitrogens with one attached hydrogen (secondary N) is 1. The molecule has 1 N–H and O–H groups in total. The Morgan fingerprint density at radius 3 is 2.52 bits per heavy atom. The fraction of sp³-hybridized carbons (Fsp3) is 0.238. The number of benzene rings is 2. The van der Waals surface area contributed by atoms with E-state index < -0.39 is 0 Å². The van der Waals surface area contributed by atoms with Crippen molar-refractivity contribution in [2.75, 3.05) is 18.5 Å². The predicted molar refractivity (Wildman–Crippen MR) is 110 cm³/mol. The molecule has 0 saturated carbocycles. The van der Waals surface area contributed by atoms with Crippen LogP contribution in [0.1, 0.15) is 36.2 Å². The summed E-state index contributed by atoms with van der Waals surface area (Å²) in [7, 11) is 0. The molecule has 5 nitrogen and oxygen atoms in total. The number of carbonyl (C=O) groups excluding carboxylic acids is 2. The molecule has 0 unspecified atom stereocenters. The van der Waals surface area contributed by atoms with Crippen LogP contribution < -0.4 is 10.1 Å². The van der Waals surface area contributed by atoms with E-state index >= 15 is 0 Å². The van der Waals surface area contributed by atoms with Crippen molar-refractivity contribution in [3.63, 3.8) is 0 Å². The normalized spacial score (nSPS) is 10.6. The summed E-state index contributed by atoms with van der Waals surface area (Å²) in [6, 6.07) is 12.2. The lowest BCUT2D eigenvalue weighted by atomic mass is 10.2. The van der Waals surface area contributed by atoms with Gasteiger partial charge in [-0.1, -0.05) is 22.9 Å². The topological polar surface area (TPSA) is 64.6 Å². The lowest BCUT2D eigenvalue weighted by molar-refractivity contribution is -0.111. The van der Waals surface area contributed by atoms with Gasteiger partial charge in [0.2, 0.25) is 5.91 Å². The van der Waals surface area contributed by atoms with Crippen LogP contribution in [0, 0.1) is 0 Å². The van der Waals surface area contributed by atoms with Crippen molar-refractivity contribution in [3.8, 4) is 5.75 Å². The molecule has 0 aromatic heterocycles. The standard InChI is InChI=1S/C21H22BrNO4/c1-3-13-27-21(25)15-5-9-18(10-6-15)23-20(24)12-7-16-14-17(22)8-11-19(16)26-4-2/h5-12,14H,3-4,13H2,1-2H3,(H,23,24)/b12-7+. The van der Waals surface area contributed by atoms with Crippen LogP contribution in [0.5, 0.6) is 5.75 Å². The molecule has 0 aliphatic heterocycles. The first-order chi connectivity index (χ1) is 13.0. The fourth-order valence-electron chi connectivity index (χ4n) is 2.25. The van der Waals surface area contributed by atoms with E-state index in [9.17, 15) is 9.59 Å². The Morgan fingerprint density at radius 1 is 1.11 bits per heavy atom. The summed E-state index contributed by atoms with van der Waals surface area (Å²) in [5.74, 6) is 0.0613. The predicted octanol–water partition coefficient (Wildman–Crippen LogP) is 5.07. The van der Waals surface area contributed by atoms with E-state index in [2.05, 4.69) is 21.2 Å². The van der Waals surface area contributed by atoms with E-state index in [1.54, 1.807) is 30.3 Å². The Balaban J connectivity index is 2.00. The van der Waals surface area contributed by atoms with Gasteiger partial charge in [-0.3, -0.25) is 4.79 Å². The van der Waals surface area contributed by atoms with Gasteiger partial charge >= 0.3 is 5.97 Å². The highest BCUT2D eigenvalue weighted by Crippen LogP contribution is 2.24. The number of halogens is 1. The SMILES string of the molecule is CCCOC(=O)c1ccc(NC(=O)/C=C/c2cc(Br)ccc2OCC)cc1. The highest BCUT2D eigenvalue weighted by Gasteiger charge is 2.07. The summed E-state index contributed by atoms with van der Waals surface area (Å²) in [5, 5.41) is 2.76. The number of esters is 1. The molecular formula is C21H22BrNO4. The van der Waals surface area contributed by atoms with Crippen LogP contribution in [0.4, 0.5) is 5.69 Å². The van der Waals surface area contributed by atoms with Gasteiger partial charge in [0.15, 0.2) is 0 Å². The minimum atomic E-state index is -0.368. The van der Waals surface area contributed by atoms with Crippen molar-refractivity contribution in [2.24, 2.45) is 0 Å². The van der Waals surface area contributed by atoms with Crippen LogP contribution in [0.3, 0.4) is 0 Å². The maximum absolute atomic E-state index is 12.2. The number of anilines is 1. The molecule has 0 radical (unpaired) electrons. The average Bonchev–Trinajstić information content (AvgIpc) is 2.67. The quantitative estimate of drug-likeness (QED) is 0.468. The van der Waals surface area contributed by atoms with Crippen molar-refractivity contribution in [1.82, 2.24) is 0 Å². The Bertz CT molecular complexity index is 815. The number of ether oxygens (including phenoxy) is 2. The van der Waals surface area contributed by atoms with Gasteiger partial charge in [-0.15, -0.1) is 0 Å². The Hall–Kier alpha value is -2.60. The number of rotatable bonds is 8. The Morgan fingerprint density at radius 2 is 1.85 bits per heavy atom. The maximum atomic E-state index is 12.2. The fourth-order valence-corrected chi connectivity index (χ4v) is 2.63. The van der Waals surface area contributed by atoms with E-state index in [0.717, 1.165) is 16.5 Å². The van der Waals surface area contributed by atoms with Gasteiger partial charge in [0, 0.05) is 21.8 Å². The average molecular weight is 432 g/mol. The van der Waals surface area contributed by atoms with Crippen LogP contribution >= 0.6 is 15.9 Å². The zero-order chi connectivity index (χ0) is 19.6. The molecule has 2 aromatic carbocycles. The second-order valence-electron chi connectivity index (χ2n) is 5.65. The summed E-state index contributed by atoms with van der Waals surface area (Å²) < 4.78 is 11.5. The molecule has 6 heteroatoms. The smallest absolute Gasteiger partial charge is 0.338 e. The van der Waals surface area contributed by atoms with Crippen molar-refractivity contribution in [3.05, 3.63) is 64.1 Å². The molecule has 0 saturated heterocycles. The van der Waals surface area contributed by atoms with Gasteiger partial charge < -0.3 is 14.8 Å². The molecule has 27 heavy (non-hydrogen) atoms. The molecule has 0 aliphatic carbocycles. The lowest BCUT2D eigenvalue weighted by Gasteiger charge is -2.08. The number of hydrogen-bond donors (Lipinski definition) is 1. The Labute approximate surface area is 167 Å². The summed E-state index contributed by atoms with van der Waals surface area (Å²) >= 11 is 3.41. The van der Waals surface area contributed by atoms with Crippen LogP contribution in [-0.2, 0) is 9.53 Å². The molecule has 142 valence electrons. The van der Waals surface area contributed by atoms with Gasteiger partial charge in [0.25, 0.3) is 0 Å². The largest absolute Gasteiger partial charge is 0.493 e. The molecule has 0 atom stereocenters. The molecule has 0 bridgehead atoms. The summed E-state index contributed by atoms with van der Waals surface area (Å²) in [6.07, 6.45) is 3.91. The number of carbonyl (C=O) groups is 2. The second-order valence-corrected chi connectivity index (χ2v) is 6.57. The maximum Gasteiger partial charge on any atom is 0.338 e. The number of amides is 1. The Kier molecular flexibility index (Phi) is 8.07. The third kappa shape index (κ3) is 6.57. The highest BCUT2D eigenvalue weighted by molar-refractivity contribution is 9.10. The van der Waals surface area contributed by atoms with Crippen LogP contribution in [0.15, 0.2) is 53.0 Å². The minimum Gasteiger partial charge on any atom is -0.493 e. The van der Waals surface area contributed by atoms with Gasteiger partial charge in [-0.25, -0.2) is 4.79 Å². The molecule has 2 rings (SSSR count). The van der Waals surface area contributed by atoms with Crippen molar-refractivity contribution in [2.45, 2.75) is 20.3 Å². The van der Waals surface area contributed by atoms with Crippen LogP contribution in [0.2, 0.25) is 0 Å². The van der Waals surface area contributed by atoms with Gasteiger partial charge in [-0.2, -0.15) is 0 Å². The minimum absolute atomic E-state index is 0.279. The van der Waals surface area contributed by atoms with Crippen molar-refractivity contribution >= 4 is 39.6 Å². The second kappa shape index (κ2) is 10.5. The summed E-state index contributed by atoms with van der Waals surface area (Å²) in [6.45, 7) is 4.78. The molecule has 0 aliphatic rings. The van der Waals surface area contributed by atoms with Crippen molar-refractivity contribution in [1.29, 1.82) is 0 Å². The molecular weight excluding hydrogens is 410 g/mol.